The first-order valence-corrected chi connectivity index (χ1v) is 8.26. The lowest BCUT2D eigenvalue weighted by atomic mass is 9.98. The molecule has 0 fully saturated rings. The highest BCUT2D eigenvalue weighted by molar-refractivity contribution is 5.87. The predicted octanol–water partition coefficient (Wildman–Crippen LogP) is 0.770. The third-order valence-corrected chi connectivity index (χ3v) is 3.66. The largest absolute Gasteiger partial charge is 0.469 e. The third kappa shape index (κ3) is 8.21. The number of carbonyl (C=O) groups is 4. The van der Waals surface area contributed by atoms with Crippen molar-refractivity contribution < 1.29 is 33.4 Å². The highest BCUT2D eigenvalue weighted by atomic mass is 16.5. The molecule has 0 aliphatic rings. The van der Waals surface area contributed by atoms with Crippen LogP contribution in [0.5, 0.6) is 0 Å². The molecule has 2 atom stereocenters. The molecule has 148 valence electrons. The molecule has 9 heteroatoms. The maximum Gasteiger partial charge on any atom is 0.407 e. The molecule has 0 aliphatic carbocycles. The number of alkyl carbamates (subject to hydrolysis) is 1. The molecule has 1 aromatic carbocycles. The first-order chi connectivity index (χ1) is 12.9. The molecule has 0 bridgehead atoms. The Morgan fingerprint density at radius 3 is 2.30 bits per heavy atom. The molecule has 0 radical (unpaired) electrons. The van der Waals surface area contributed by atoms with Crippen molar-refractivity contribution in [1.82, 2.24) is 10.6 Å². The minimum absolute atomic E-state index is 0.0647. The maximum absolute atomic E-state index is 12.0. The van der Waals surface area contributed by atoms with E-state index in [0.717, 1.165) is 5.56 Å². The van der Waals surface area contributed by atoms with Gasteiger partial charge in [-0.1, -0.05) is 37.3 Å². The van der Waals surface area contributed by atoms with Gasteiger partial charge in [0, 0.05) is 0 Å². The van der Waals surface area contributed by atoms with Crippen LogP contribution in [-0.4, -0.2) is 50.7 Å². The monoisotopic (exact) mass is 380 g/mol. The van der Waals surface area contributed by atoms with E-state index in [1.165, 1.54) is 14.2 Å². The van der Waals surface area contributed by atoms with Gasteiger partial charge in [-0.2, -0.15) is 0 Å². The van der Waals surface area contributed by atoms with E-state index in [2.05, 4.69) is 20.1 Å². The van der Waals surface area contributed by atoms with Crippen LogP contribution >= 0.6 is 0 Å². The molecule has 1 aromatic rings. The van der Waals surface area contributed by atoms with Crippen LogP contribution in [0.15, 0.2) is 30.3 Å². The van der Waals surface area contributed by atoms with Gasteiger partial charge in [0.05, 0.1) is 20.6 Å². The number of rotatable bonds is 9. The lowest BCUT2D eigenvalue weighted by molar-refractivity contribution is -0.148. The standard InChI is InChI=1S/C18H24N2O7/c1-12(9-15(22)25-2)16(17(23)26-3)20-14(21)10-19-18(24)27-11-13-7-5-4-6-8-13/h4-8,12,16H,9-11H2,1-3H3,(H,19,24)(H,20,21)/t12-,16-/m1/s1. The summed E-state index contributed by atoms with van der Waals surface area (Å²) in [6, 6.07) is 8.00. The number of amides is 2. The molecule has 0 aliphatic heterocycles. The van der Waals surface area contributed by atoms with Gasteiger partial charge in [0.25, 0.3) is 0 Å². The second-order valence-corrected chi connectivity index (χ2v) is 5.74. The number of benzene rings is 1. The van der Waals surface area contributed by atoms with Crippen LogP contribution < -0.4 is 10.6 Å². The van der Waals surface area contributed by atoms with Crippen LogP contribution in [0.25, 0.3) is 0 Å². The quantitative estimate of drug-likeness (QED) is 0.479. The molecule has 0 unspecified atom stereocenters. The number of hydrogen-bond acceptors (Lipinski definition) is 7. The van der Waals surface area contributed by atoms with Crippen molar-refractivity contribution >= 4 is 23.9 Å². The van der Waals surface area contributed by atoms with Gasteiger partial charge in [-0.3, -0.25) is 9.59 Å². The zero-order chi connectivity index (χ0) is 20.2. The molecule has 0 aromatic heterocycles. The van der Waals surface area contributed by atoms with E-state index in [4.69, 9.17) is 4.74 Å². The van der Waals surface area contributed by atoms with Gasteiger partial charge in [0.2, 0.25) is 5.91 Å². The zero-order valence-electron chi connectivity index (χ0n) is 15.5. The first-order valence-electron chi connectivity index (χ1n) is 8.26. The van der Waals surface area contributed by atoms with Crippen LogP contribution in [0.2, 0.25) is 0 Å². The Hall–Kier alpha value is -3.10. The number of carbonyl (C=O) groups excluding carboxylic acids is 4. The van der Waals surface area contributed by atoms with E-state index >= 15 is 0 Å². The van der Waals surface area contributed by atoms with E-state index in [1.54, 1.807) is 19.1 Å². The fourth-order valence-electron chi connectivity index (χ4n) is 2.18. The van der Waals surface area contributed by atoms with E-state index in [9.17, 15) is 19.2 Å². The SMILES string of the molecule is COC(=O)C[C@@H](C)[C@@H](NC(=O)CNC(=O)OCc1ccccc1)C(=O)OC. The second-order valence-electron chi connectivity index (χ2n) is 5.74. The van der Waals surface area contributed by atoms with Crippen molar-refractivity contribution in [1.29, 1.82) is 0 Å². The molecule has 0 heterocycles. The molecular weight excluding hydrogens is 356 g/mol. The maximum atomic E-state index is 12.0. The van der Waals surface area contributed by atoms with Crippen molar-refractivity contribution in [3.63, 3.8) is 0 Å². The number of hydrogen-bond donors (Lipinski definition) is 2. The van der Waals surface area contributed by atoms with Gasteiger partial charge < -0.3 is 24.8 Å². The fraction of sp³-hybridized carbons (Fsp3) is 0.444. The lowest BCUT2D eigenvalue weighted by Gasteiger charge is -2.22. The smallest absolute Gasteiger partial charge is 0.407 e. The highest BCUT2D eigenvalue weighted by Gasteiger charge is 2.29. The van der Waals surface area contributed by atoms with Gasteiger partial charge in [-0.05, 0) is 11.5 Å². The number of nitrogens with one attached hydrogen (secondary N) is 2. The Morgan fingerprint density at radius 2 is 1.70 bits per heavy atom. The molecule has 0 saturated carbocycles. The molecule has 2 amide bonds. The summed E-state index contributed by atoms with van der Waals surface area (Å²) in [4.78, 5) is 46.9. The summed E-state index contributed by atoms with van der Waals surface area (Å²) in [7, 11) is 2.40. The molecule has 2 N–H and O–H groups in total. The topological polar surface area (TPSA) is 120 Å². The van der Waals surface area contributed by atoms with Crippen molar-refractivity contribution in [3.05, 3.63) is 35.9 Å². The molecule has 0 spiro atoms. The number of ether oxygens (including phenoxy) is 3. The van der Waals surface area contributed by atoms with Gasteiger partial charge in [-0.25, -0.2) is 9.59 Å². The summed E-state index contributed by atoms with van der Waals surface area (Å²) in [5.41, 5.74) is 0.805. The summed E-state index contributed by atoms with van der Waals surface area (Å²) in [5.74, 6) is -2.41. The summed E-state index contributed by atoms with van der Waals surface area (Å²) in [5, 5.41) is 4.72. The normalized spacial score (nSPS) is 12.3. The van der Waals surface area contributed by atoms with Gasteiger partial charge >= 0.3 is 18.0 Å². The van der Waals surface area contributed by atoms with Crippen LogP contribution in [0.1, 0.15) is 18.9 Å². The van der Waals surface area contributed by atoms with E-state index < -0.39 is 42.4 Å². The number of esters is 2. The number of methoxy groups -OCH3 is 2. The van der Waals surface area contributed by atoms with E-state index in [1.807, 2.05) is 18.2 Å². The predicted molar refractivity (Wildman–Crippen MR) is 94.4 cm³/mol. The summed E-state index contributed by atoms with van der Waals surface area (Å²) in [6.07, 6.45) is -0.852. The van der Waals surface area contributed by atoms with Crippen LogP contribution in [-0.2, 0) is 35.2 Å². The van der Waals surface area contributed by atoms with Crippen molar-refractivity contribution in [2.75, 3.05) is 20.8 Å². The lowest BCUT2D eigenvalue weighted by Crippen LogP contribution is -2.49. The summed E-state index contributed by atoms with van der Waals surface area (Å²) in [6.45, 7) is 1.27. The second kappa shape index (κ2) is 11.5. The zero-order valence-corrected chi connectivity index (χ0v) is 15.5. The van der Waals surface area contributed by atoms with E-state index in [-0.39, 0.29) is 13.0 Å². The Kier molecular flexibility index (Phi) is 9.35. The van der Waals surface area contributed by atoms with Crippen LogP contribution in [0, 0.1) is 5.92 Å². The molecular formula is C18H24N2O7. The summed E-state index contributed by atoms with van der Waals surface area (Å²) < 4.78 is 14.2. The molecule has 1 rings (SSSR count). The Balaban J connectivity index is 2.47. The fourth-order valence-corrected chi connectivity index (χ4v) is 2.18. The van der Waals surface area contributed by atoms with Crippen molar-refractivity contribution in [2.24, 2.45) is 5.92 Å². The van der Waals surface area contributed by atoms with Crippen LogP contribution in [0.3, 0.4) is 0 Å². The molecule has 27 heavy (non-hydrogen) atoms. The first kappa shape index (κ1) is 21.9. The highest BCUT2D eigenvalue weighted by Crippen LogP contribution is 2.11. The third-order valence-electron chi connectivity index (χ3n) is 3.66. The van der Waals surface area contributed by atoms with Gasteiger partial charge in [0.1, 0.15) is 19.2 Å². The average molecular weight is 380 g/mol. The summed E-state index contributed by atoms with van der Waals surface area (Å²) >= 11 is 0. The van der Waals surface area contributed by atoms with Gasteiger partial charge in [0.15, 0.2) is 0 Å². The Morgan fingerprint density at radius 1 is 1.04 bits per heavy atom. The van der Waals surface area contributed by atoms with E-state index in [0.29, 0.717) is 0 Å². The molecule has 9 nitrogen and oxygen atoms in total. The average Bonchev–Trinajstić information content (AvgIpc) is 2.68. The van der Waals surface area contributed by atoms with Crippen molar-refractivity contribution in [3.8, 4) is 0 Å². The van der Waals surface area contributed by atoms with Gasteiger partial charge in [-0.15, -0.1) is 0 Å². The van der Waals surface area contributed by atoms with Crippen LogP contribution in [0.4, 0.5) is 4.79 Å². The molecule has 0 saturated heterocycles. The van der Waals surface area contributed by atoms with Crippen molar-refractivity contribution in [2.45, 2.75) is 26.0 Å². The Labute approximate surface area is 157 Å². The Bertz CT molecular complexity index is 648. The minimum Gasteiger partial charge on any atom is -0.469 e. The minimum atomic E-state index is -1.05.